The van der Waals surface area contributed by atoms with Crippen LogP contribution in [0.4, 0.5) is 0 Å². The Morgan fingerprint density at radius 3 is 2.77 bits per heavy atom. The molecule has 1 aliphatic heterocycles. The van der Waals surface area contributed by atoms with Crippen LogP contribution in [0.5, 0.6) is 0 Å². The third-order valence-electron chi connectivity index (χ3n) is 4.97. The van der Waals surface area contributed by atoms with E-state index in [1.54, 1.807) is 0 Å². The summed E-state index contributed by atoms with van der Waals surface area (Å²) < 4.78 is 0. The van der Waals surface area contributed by atoms with Gasteiger partial charge in [0.2, 0.25) is 0 Å². The standard InChI is InChI=1S/C17H21N5/c1-10-15(11(2)22-21-10)13-3-4-14-8-17(6-5-12(14)7-13)9-19-16(18)20-17/h3-4,7H,5-6,8-9H2,1-2H3,(H,21,22)(H3,18,19,20). The quantitative estimate of drug-likeness (QED) is 0.751. The molecule has 1 unspecified atom stereocenters. The molecule has 0 saturated heterocycles. The molecule has 0 amide bonds. The lowest BCUT2D eigenvalue weighted by atomic mass is 9.77. The molecule has 0 radical (unpaired) electrons. The predicted octanol–water partition coefficient (Wildman–Crippen LogP) is 1.84. The molecule has 114 valence electrons. The second-order valence-corrected chi connectivity index (χ2v) is 6.58. The van der Waals surface area contributed by atoms with Crippen LogP contribution in [0.3, 0.4) is 0 Å². The molecular weight excluding hydrogens is 274 g/mol. The Balaban J connectivity index is 1.67. The normalized spacial score (nSPS) is 23.3. The molecule has 0 fully saturated rings. The van der Waals surface area contributed by atoms with Crippen molar-refractivity contribution in [1.29, 1.82) is 0 Å². The summed E-state index contributed by atoms with van der Waals surface area (Å²) >= 11 is 0. The maximum absolute atomic E-state index is 5.81. The van der Waals surface area contributed by atoms with Gasteiger partial charge in [-0.3, -0.25) is 10.1 Å². The molecule has 5 nitrogen and oxygen atoms in total. The highest BCUT2D eigenvalue weighted by molar-refractivity contribution is 5.81. The Labute approximate surface area is 130 Å². The summed E-state index contributed by atoms with van der Waals surface area (Å²) in [6.45, 7) is 4.92. The van der Waals surface area contributed by atoms with Gasteiger partial charge in [0.25, 0.3) is 0 Å². The number of H-pyrrole nitrogens is 1. The summed E-state index contributed by atoms with van der Waals surface area (Å²) in [5.74, 6) is 0.588. The van der Waals surface area contributed by atoms with Crippen LogP contribution in [0.15, 0.2) is 23.2 Å². The van der Waals surface area contributed by atoms with E-state index in [0.29, 0.717) is 5.96 Å². The van der Waals surface area contributed by atoms with Crippen molar-refractivity contribution in [3.63, 3.8) is 0 Å². The Morgan fingerprint density at radius 1 is 1.23 bits per heavy atom. The number of aromatic amines is 1. The highest BCUT2D eigenvalue weighted by Gasteiger charge is 2.37. The number of nitrogens with one attached hydrogen (secondary N) is 2. The van der Waals surface area contributed by atoms with Crippen molar-refractivity contribution >= 4 is 5.96 Å². The van der Waals surface area contributed by atoms with Crippen LogP contribution in [0.2, 0.25) is 0 Å². The molecule has 2 heterocycles. The van der Waals surface area contributed by atoms with Crippen LogP contribution in [-0.4, -0.2) is 28.2 Å². The molecule has 2 aromatic rings. The first-order valence-electron chi connectivity index (χ1n) is 7.78. The number of hydrogen-bond donors (Lipinski definition) is 3. The summed E-state index contributed by atoms with van der Waals surface area (Å²) in [4.78, 5) is 4.34. The number of nitrogens with two attached hydrogens (primary N) is 1. The van der Waals surface area contributed by atoms with Gasteiger partial charge in [-0.05, 0) is 49.8 Å². The van der Waals surface area contributed by atoms with E-state index in [0.717, 1.165) is 37.2 Å². The van der Waals surface area contributed by atoms with E-state index >= 15 is 0 Å². The highest BCUT2D eigenvalue weighted by atomic mass is 15.2. The molecule has 4 rings (SSSR count). The van der Waals surface area contributed by atoms with E-state index in [9.17, 15) is 0 Å². The summed E-state index contributed by atoms with van der Waals surface area (Å²) in [5, 5.41) is 10.8. The fourth-order valence-electron chi connectivity index (χ4n) is 3.82. The van der Waals surface area contributed by atoms with Gasteiger partial charge in [-0.15, -0.1) is 0 Å². The Bertz CT molecular complexity index is 754. The van der Waals surface area contributed by atoms with E-state index in [1.807, 2.05) is 0 Å². The Kier molecular flexibility index (Phi) is 2.79. The molecule has 0 saturated carbocycles. The topological polar surface area (TPSA) is 79.1 Å². The molecule has 0 bridgehead atoms. The van der Waals surface area contributed by atoms with E-state index < -0.39 is 0 Å². The molecule has 5 heteroatoms. The lowest BCUT2D eigenvalue weighted by Crippen LogP contribution is -2.51. The molecule has 1 atom stereocenters. The van der Waals surface area contributed by atoms with E-state index in [-0.39, 0.29) is 5.54 Å². The van der Waals surface area contributed by atoms with Crippen LogP contribution < -0.4 is 11.1 Å². The van der Waals surface area contributed by atoms with Gasteiger partial charge < -0.3 is 11.1 Å². The zero-order valence-electron chi connectivity index (χ0n) is 13.0. The summed E-state index contributed by atoms with van der Waals surface area (Å²) in [6.07, 6.45) is 3.14. The molecule has 1 aliphatic carbocycles. The number of aliphatic imine (C=N–C) groups is 1. The van der Waals surface area contributed by atoms with Gasteiger partial charge in [-0.2, -0.15) is 5.10 Å². The lowest BCUT2D eigenvalue weighted by molar-refractivity contribution is 0.361. The molecular formula is C17H21N5. The number of fused-ring (bicyclic) bond motifs is 1. The number of nitrogens with zero attached hydrogens (tertiary/aromatic N) is 2. The number of benzene rings is 1. The fourth-order valence-corrected chi connectivity index (χ4v) is 3.82. The molecule has 4 N–H and O–H groups in total. The van der Waals surface area contributed by atoms with Crippen molar-refractivity contribution in [1.82, 2.24) is 15.5 Å². The lowest BCUT2D eigenvalue weighted by Gasteiger charge is -2.34. The smallest absolute Gasteiger partial charge is 0.189 e. The summed E-state index contributed by atoms with van der Waals surface area (Å²) in [5.41, 5.74) is 13.4. The van der Waals surface area contributed by atoms with E-state index in [2.05, 4.69) is 52.6 Å². The van der Waals surface area contributed by atoms with Gasteiger partial charge in [0, 0.05) is 11.3 Å². The minimum absolute atomic E-state index is 0.0417. The highest BCUT2D eigenvalue weighted by Crippen LogP contribution is 2.34. The average molecular weight is 295 g/mol. The van der Waals surface area contributed by atoms with Gasteiger partial charge in [-0.25, -0.2) is 0 Å². The van der Waals surface area contributed by atoms with Crippen molar-refractivity contribution in [3.8, 4) is 11.1 Å². The number of aryl methyl sites for hydroxylation is 3. The van der Waals surface area contributed by atoms with Gasteiger partial charge >= 0.3 is 0 Å². The van der Waals surface area contributed by atoms with E-state index in [4.69, 9.17) is 5.73 Å². The first kappa shape index (κ1) is 13.4. The SMILES string of the molecule is Cc1n[nH]c(C)c1-c1ccc2c(c1)CCC1(CN=C(N)N1)C2. The first-order chi connectivity index (χ1) is 10.6. The van der Waals surface area contributed by atoms with Crippen molar-refractivity contribution in [2.75, 3.05) is 6.54 Å². The van der Waals surface area contributed by atoms with Crippen LogP contribution in [0.1, 0.15) is 28.9 Å². The zero-order valence-corrected chi connectivity index (χ0v) is 13.0. The fraction of sp³-hybridized carbons (Fsp3) is 0.412. The van der Waals surface area contributed by atoms with Crippen molar-refractivity contribution in [2.45, 2.75) is 38.6 Å². The average Bonchev–Trinajstić information content (AvgIpc) is 3.02. The van der Waals surface area contributed by atoms with Gasteiger partial charge in [0.05, 0.1) is 17.8 Å². The van der Waals surface area contributed by atoms with Crippen LogP contribution in [0, 0.1) is 13.8 Å². The van der Waals surface area contributed by atoms with Crippen molar-refractivity contribution < 1.29 is 0 Å². The third-order valence-corrected chi connectivity index (χ3v) is 4.97. The summed E-state index contributed by atoms with van der Waals surface area (Å²) in [7, 11) is 0. The number of aromatic nitrogens is 2. The monoisotopic (exact) mass is 295 g/mol. The maximum atomic E-state index is 5.81. The number of rotatable bonds is 1. The first-order valence-corrected chi connectivity index (χ1v) is 7.78. The summed E-state index contributed by atoms with van der Waals surface area (Å²) in [6, 6.07) is 6.79. The second kappa shape index (κ2) is 4.60. The molecule has 1 aromatic carbocycles. The van der Waals surface area contributed by atoms with Gasteiger partial charge in [0.1, 0.15) is 0 Å². The number of hydrogen-bond acceptors (Lipinski definition) is 4. The number of guanidine groups is 1. The predicted molar refractivity (Wildman–Crippen MR) is 87.9 cm³/mol. The Morgan fingerprint density at radius 2 is 2.09 bits per heavy atom. The molecule has 22 heavy (non-hydrogen) atoms. The van der Waals surface area contributed by atoms with Gasteiger partial charge in [0.15, 0.2) is 5.96 Å². The van der Waals surface area contributed by atoms with E-state index in [1.165, 1.54) is 22.3 Å². The molecule has 1 spiro atoms. The zero-order chi connectivity index (χ0) is 15.3. The van der Waals surface area contributed by atoms with Crippen LogP contribution in [-0.2, 0) is 12.8 Å². The van der Waals surface area contributed by atoms with Crippen molar-refractivity contribution in [3.05, 3.63) is 40.7 Å². The van der Waals surface area contributed by atoms with Gasteiger partial charge in [-0.1, -0.05) is 18.2 Å². The van der Waals surface area contributed by atoms with Crippen LogP contribution >= 0.6 is 0 Å². The second-order valence-electron chi connectivity index (χ2n) is 6.58. The van der Waals surface area contributed by atoms with Crippen molar-refractivity contribution in [2.24, 2.45) is 10.7 Å². The molecule has 2 aliphatic rings. The van der Waals surface area contributed by atoms with Crippen LogP contribution in [0.25, 0.3) is 11.1 Å². The Hall–Kier alpha value is -2.30. The minimum atomic E-state index is 0.0417. The minimum Gasteiger partial charge on any atom is -0.370 e. The largest absolute Gasteiger partial charge is 0.370 e. The molecule has 1 aromatic heterocycles. The third kappa shape index (κ3) is 2.00. The maximum Gasteiger partial charge on any atom is 0.189 e.